The molecule has 1 unspecified atom stereocenters. The Morgan fingerprint density at radius 3 is 3.00 bits per heavy atom. The van der Waals surface area contributed by atoms with Crippen LogP contribution in [0.25, 0.3) is 0 Å². The maximum atomic E-state index is 12.1. The quantitative estimate of drug-likeness (QED) is 0.893. The number of imidazole rings is 1. The van der Waals surface area contributed by atoms with Gasteiger partial charge in [-0.15, -0.1) is 24.8 Å². The van der Waals surface area contributed by atoms with Crippen LogP contribution in [0.1, 0.15) is 25.1 Å². The number of halogens is 2. The highest BCUT2D eigenvalue weighted by Gasteiger charge is 2.24. The molecule has 1 N–H and O–H groups in total. The van der Waals surface area contributed by atoms with Crippen molar-refractivity contribution in [3.63, 3.8) is 0 Å². The summed E-state index contributed by atoms with van der Waals surface area (Å²) in [6, 6.07) is 0.393. The van der Waals surface area contributed by atoms with E-state index in [-0.39, 0.29) is 30.7 Å². The van der Waals surface area contributed by atoms with Gasteiger partial charge in [0.2, 0.25) is 5.91 Å². The van der Waals surface area contributed by atoms with Crippen LogP contribution in [-0.4, -0.2) is 39.5 Å². The average molecular weight is 307 g/mol. The van der Waals surface area contributed by atoms with Gasteiger partial charge in [-0.25, -0.2) is 4.98 Å². The van der Waals surface area contributed by atoms with Gasteiger partial charge in [-0.05, 0) is 19.4 Å². The van der Waals surface area contributed by atoms with Crippen molar-refractivity contribution in [1.29, 1.82) is 0 Å². The van der Waals surface area contributed by atoms with E-state index in [9.17, 15) is 4.79 Å². The Kier molecular flexibility index (Phi) is 6.10. The van der Waals surface area contributed by atoms with Crippen LogP contribution in [0.3, 0.4) is 0 Å². The van der Waals surface area contributed by atoms with Crippen molar-refractivity contribution in [1.82, 2.24) is 19.8 Å². The lowest BCUT2D eigenvalue weighted by Gasteiger charge is -2.28. The third-order valence-corrected chi connectivity index (χ3v) is 3.68. The van der Waals surface area contributed by atoms with Gasteiger partial charge in [0.25, 0.3) is 0 Å². The highest BCUT2D eigenvalue weighted by Crippen LogP contribution is 2.15. The molecule has 1 aromatic rings. The number of carbonyl (C=O) groups excluding carboxylic acids is 1. The lowest BCUT2D eigenvalue weighted by atomic mass is 10.1. The molecule has 0 saturated carbocycles. The van der Waals surface area contributed by atoms with E-state index in [1.807, 2.05) is 17.3 Å². The lowest BCUT2D eigenvalue weighted by Crippen LogP contribution is -2.40. The van der Waals surface area contributed by atoms with Crippen LogP contribution >= 0.6 is 24.8 Å². The van der Waals surface area contributed by atoms with Gasteiger partial charge in [-0.2, -0.15) is 0 Å². The van der Waals surface area contributed by atoms with Crippen LogP contribution in [0.4, 0.5) is 0 Å². The Morgan fingerprint density at radius 1 is 1.42 bits per heavy atom. The van der Waals surface area contributed by atoms with Gasteiger partial charge in [-0.3, -0.25) is 4.79 Å². The summed E-state index contributed by atoms with van der Waals surface area (Å²) < 4.78 is 2.12. The Balaban J connectivity index is 0.000000902. The second-order valence-corrected chi connectivity index (χ2v) is 4.85. The summed E-state index contributed by atoms with van der Waals surface area (Å²) in [4.78, 5) is 18.3. The highest BCUT2D eigenvalue weighted by molar-refractivity contribution is 5.85. The summed E-state index contributed by atoms with van der Waals surface area (Å²) in [5.41, 5.74) is 0. The SMILES string of the molecule is Cl.Cl.O=C(CC1CCCN1)N1CCn2ccnc2C1. The minimum Gasteiger partial charge on any atom is -0.333 e. The van der Waals surface area contributed by atoms with Crippen LogP contribution < -0.4 is 5.32 Å². The summed E-state index contributed by atoms with van der Waals surface area (Å²) in [6.45, 7) is 3.41. The molecule has 0 bridgehead atoms. The second-order valence-electron chi connectivity index (χ2n) is 4.85. The van der Waals surface area contributed by atoms with Crippen molar-refractivity contribution in [2.24, 2.45) is 0 Å². The van der Waals surface area contributed by atoms with Gasteiger partial charge in [-0.1, -0.05) is 0 Å². The molecule has 0 aliphatic carbocycles. The van der Waals surface area contributed by atoms with E-state index >= 15 is 0 Å². The number of carbonyl (C=O) groups is 1. The van der Waals surface area contributed by atoms with Crippen molar-refractivity contribution in [2.75, 3.05) is 13.1 Å². The smallest absolute Gasteiger partial charge is 0.224 e. The Bertz CT molecular complexity index is 418. The minimum absolute atomic E-state index is 0. The normalized spacial score (nSPS) is 21.3. The van der Waals surface area contributed by atoms with Gasteiger partial charge >= 0.3 is 0 Å². The van der Waals surface area contributed by atoms with Gasteiger partial charge in [0.1, 0.15) is 5.82 Å². The zero-order valence-electron chi connectivity index (χ0n) is 10.7. The molecule has 108 valence electrons. The number of aromatic nitrogens is 2. The Morgan fingerprint density at radius 2 is 2.26 bits per heavy atom. The second kappa shape index (κ2) is 7.12. The largest absolute Gasteiger partial charge is 0.333 e. The first-order chi connectivity index (χ1) is 8.33. The summed E-state index contributed by atoms with van der Waals surface area (Å²) in [5, 5.41) is 3.37. The standard InChI is InChI=1S/C12H18N4O.2ClH/c17-12(8-10-2-1-3-13-10)16-7-6-15-5-4-14-11(15)9-16;;/h4-5,10,13H,1-3,6-9H2;2*1H. The first-order valence-electron chi connectivity index (χ1n) is 6.34. The maximum absolute atomic E-state index is 12.1. The molecule has 1 saturated heterocycles. The minimum atomic E-state index is 0. The molecule has 0 spiro atoms. The molecule has 3 heterocycles. The molecule has 1 amide bonds. The molecule has 1 fully saturated rings. The molecule has 0 aromatic carbocycles. The van der Waals surface area contributed by atoms with E-state index in [0.717, 1.165) is 31.9 Å². The van der Waals surface area contributed by atoms with Crippen molar-refractivity contribution >= 4 is 30.7 Å². The monoisotopic (exact) mass is 306 g/mol. The van der Waals surface area contributed by atoms with Gasteiger partial charge in [0, 0.05) is 37.9 Å². The van der Waals surface area contributed by atoms with Crippen molar-refractivity contribution < 1.29 is 4.79 Å². The highest BCUT2D eigenvalue weighted by atomic mass is 35.5. The van der Waals surface area contributed by atoms with Crippen LogP contribution in [0, 0.1) is 0 Å². The number of nitrogens with zero attached hydrogens (tertiary/aromatic N) is 3. The molecule has 7 heteroatoms. The van der Waals surface area contributed by atoms with Crippen LogP contribution in [0.2, 0.25) is 0 Å². The lowest BCUT2D eigenvalue weighted by molar-refractivity contribution is -0.133. The zero-order chi connectivity index (χ0) is 11.7. The number of nitrogens with one attached hydrogen (secondary N) is 1. The van der Waals surface area contributed by atoms with Crippen molar-refractivity contribution in [2.45, 2.75) is 38.4 Å². The molecule has 0 radical (unpaired) electrons. The summed E-state index contributed by atoms with van der Waals surface area (Å²) in [6.07, 6.45) is 6.76. The molecular formula is C12H20Cl2N4O. The van der Waals surface area contributed by atoms with Crippen molar-refractivity contribution in [3.05, 3.63) is 18.2 Å². The molecule has 5 nitrogen and oxygen atoms in total. The van der Waals surface area contributed by atoms with Crippen LogP contribution in [-0.2, 0) is 17.9 Å². The molecular weight excluding hydrogens is 287 g/mol. The Hall–Kier alpha value is -0.780. The average Bonchev–Trinajstić information content (AvgIpc) is 2.97. The molecule has 1 atom stereocenters. The van der Waals surface area contributed by atoms with E-state index in [1.54, 1.807) is 0 Å². The van der Waals surface area contributed by atoms with Gasteiger partial charge in [0.05, 0.1) is 6.54 Å². The van der Waals surface area contributed by atoms with E-state index in [2.05, 4.69) is 14.9 Å². The maximum Gasteiger partial charge on any atom is 0.224 e. The first kappa shape index (κ1) is 16.3. The van der Waals surface area contributed by atoms with E-state index in [4.69, 9.17) is 0 Å². The van der Waals surface area contributed by atoms with Gasteiger partial charge in [0.15, 0.2) is 0 Å². The molecule has 19 heavy (non-hydrogen) atoms. The Labute approximate surface area is 125 Å². The number of rotatable bonds is 2. The number of amides is 1. The predicted octanol–water partition coefficient (Wildman–Crippen LogP) is 1.21. The fourth-order valence-corrected chi connectivity index (χ4v) is 2.66. The topological polar surface area (TPSA) is 50.2 Å². The molecule has 1 aromatic heterocycles. The molecule has 2 aliphatic heterocycles. The zero-order valence-corrected chi connectivity index (χ0v) is 12.4. The van der Waals surface area contributed by atoms with E-state index in [1.165, 1.54) is 6.42 Å². The molecule has 3 rings (SSSR count). The van der Waals surface area contributed by atoms with Crippen LogP contribution in [0.15, 0.2) is 12.4 Å². The van der Waals surface area contributed by atoms with E-state index in [0.29, 0.717) is 19.0 Å². The number of fused-ring (bicyclic) bond motifs is 1. The van der Waals surface area contributed by atoms with Crippen molar-refractivity contribution in [3.8, 4) is 0 Å². The third kappa shape index (κ3) is 3.61. The summed E-state index contributed by atoms with van der Waals surface area (Å²) in [5.74, 6) is 1.27. The third-order valence-electron chi connectivity index (χ3n) is 3.68. The fourth-order valence-electron chi connectivity index (χ4n) is 2.66. The predicted molar refractivity (Wildman–Crippen MR) is 77.8 cm³/mol. The fraction of sp³-hybridized carbons (Fsp3) is 0.667. The first-order valence-corrected chi connectivity index (χ1v) is 6.34. The van der Waals surface area contributed by atoms with Crippen LogP contribution in [0.5, 0.6) is 0 Å². The van der Waals surface area contributed by atoms with E-state index < -0.39 is 0 Å². The number of hydrogen-bond acceptors (Lipinski definition) is 3. The number of hydrogen-bond donors (Lipinski definition) is 1. The summed E-state index contributed by atoms with van der Waals surface area (Å²) in [7, 11) is 0. The summed E-state index contributed by atoms with van der Waals surface area (Å²) >= 11 is 0. The van der Waals surface area contributed by atoms with Gasteiger partial charge < -0.3 is 14.8 Å². The molecule has 2 aliphatic rings.